The van der Waals surface area contributed by atoms with E-state index in [-0.39, 0.29) is 25.6 Å². The molecular weight excluding hydrogens is 1070 g/mol. The van der Waals surface area contributed by atoms with E-state index in [1.165, 1.54) is 321 Å². The number of quaternary nitrogens is 1. The molecule has 0 fully saturated rings. The third-order valence-electron chi connectivity index (χ3n) is 17.2. The lowest BCUT2D eigenvalue weighted by molar-refractivity contribution is -0.870. The van der Waals surface area contributed by atoms with Gasteiger partial charge in [0.1, 0.15) is 19.8 Å². The van der Waals surface area contributed by atoms with E-state index < -0.39 is 26.5 Å². The summed E-state index contributed by atoms with van der Waals surface area (Å²) in [4.78, 5) is 35.9. The first-order valence-corrected chi connectivity index (χ1v) is 39.1. The maximum atomic E-state index is 12.9. The van der Waals surface area contributed by atoms with Crippen molar-refractivity contribution in [3.63, 3.8) is 0 Å². The lowest BCUT2D eigenvalue weighted by Gasteiger charge is -2.24. The Morgan fingerprint density at radius 2 is 0.635 bits per heavy atom. The van der Waals surface area contributed by atoms with Crippen LogP contribution in [0.3, 0.4) is 0 Å². The van der Waals surface area contributed by atoms with Gasteiger partial charge in [0.05, 0.1) is 27.7 Å². The SMILES string of the molecule is CCCCCCC/C=C\C/C=C\CCCCCCCCCCCCCCCCCCCCCCCC(=O)OC(COC(=O)CCCCCCCCCCCCCCCCCCCCCCCCCCCCCC)COP(=O)(O)OCC[N+](C)(C)C. The average molecular weight is 1220 g/mol. The number of carbonyl (C=O) groups excluding carboxylic acids is 2. The van der Waals surface area contributed by atoms with Crippen molar-refractivity contribution < 1.29 is 42.1 Å². The number of rotatable bonds is 71. The summed E-state index contributed by atoms with van der Waals surface area (Å²) in [6, 6.07) is 0. The Morgan fingerprint density at radius 1 is 0.365 bits per heavy atom. The molecule has 0 aromatic heterocycles. The number of likely N-dealkylation sites (N-methyl/N-ethyl adjacent to an activating group) is 1. The molecule has 0 saturated carbocycles. The van der Waals surface area contributed by atoms with Crippen LogP contribution in [0.4, 0.5) is 0 Å². The van der Waals surface area contributed by atoms with Gasteiger partial charge in [-0.3, -0.25) is 18.6 Å². The minimum absolute atomic E-state index is 0.0361. The number of hydrogen-bond donors (Lipinski definition) is 1. The molecule has 0 amide bonds. The highest BCUT2D eigenvalue weighted by Gasteiger charge is 2.27. The Bertz CT molecular complexity index is 1480. The molecule has 0 spiro atoms. The molecular formula is C75H147NO8P+. The standard InChI is InChI=1S/C75H146NO8P/c1-6-8-10-12-14-16-18-20-22-24-26-28-30-32-34-36-37-38-39-40-42-44-46-48-50-52-54-56-58-60-62-64-66-68-75(78)84-73(72-83-85(79,80)82-70-69-76(3,4)5)71-81-74(77)67-65-63-61-59-57-55-53-51-49-47-45-43-41-35-33-31-29-27-25-23-21-19-17-15-13-11-9-7-2/h18,20,24,26,73H,6-17,19,21-23,25,27-72H2,1-5H3/p+1/b20-18-,26-24-. The fourth-order valence-electron chi connectivity index (χ4n) is 11.5. The van der Waals surface area contributed by atoms with Crippen LogP contribution in [0.5, 0.6) is 0 Å². The molecule has 1 N–H and O–H groups in total. The van der Waals surface area contributed by atoms with Crippen LogP contribution in [0.25, 0.3) is 0 Å². The zero-order chi connectivity index (χ0) is 61.9. The molecule has 0 bridgehead atoms. The smallest absolute Gasteiger partial charge is 0.462 e. The van der Waals surface area contributed by atoms with Gasteiger partial charge in [-0.25, -0.2) is 4.57 Å². The Morgan fingerprint density at radius 3 is 0.929 bits per heavy atom. The lowest BCUT2D eigenvalue weighted by Crippen LogP contribution is -2.37. The van der Waals surface area contributed by atoms with Gasteiger partial charge in [-0.05, 0) is 44.9 Å². The summed E-state index contributed by atoms with van der Waals surface area (Å²) in [5.41, 5.74) is 0. The minimum Gasteiger partial charge on any atom is -0.462 e. The van der Waals surface area contributed by atoms with Crippen molar-refractivity contribution in [2.45, 2.75) is 399 Å². The van der Waals surface area contributed by atoms with Crippen molar-refractivity contribution in [3.8, 4) is 0 Å². The van der Waals surface area contributed by atoms with Gasteiger partial charge in [-0.1, -0.05) is 359 Å². The lowest BCUT2D eigenvalue weighted by atomic mass is 10.0. The van der Waals surface area contributed by atoms with Crippen LogP contribution < -0.4 is 0 Å². The largest absolute Gasteiger partial charge is 0.472 e. The van der Waals surface area contributed by atoms with E-state index in [9.17, 15) is 19.0 Å². The monoisotopic (exact) mass is 1220 g/mol. The highest BCUT2D eigenvalue weighted by molar-refractivity contribution is 7.47. The molecule has 0 aliphatic carbocycles. The quantitative estimate of drug-likeness (QED) is 0.0211. The van der Waals surface area contributed by atoms with Crippen LogP contribution in [-0.2, 0) is 32.7 Å². The van der Waals surface area contributed by atoms with Crippen LogP contribution in [0, 0.1) is 0 Å². The molecule has 10 heteroatoms. The summed E-state index contributed by atoms with van der Waals surface area (Å²) < 4.78 is 34.8. The highest BCUT2D eigenvalue weighted by atomic mass is 31.2. The van der Waals surface area contributed by atoms with Crippen molar-refractivity contribution in [2.75, 3.05) is 47.5 Å². The summed E-state index contributed by atoms with van der Waals surface area (Å²) in [6.07, 6.45) is 84.5. The van der Waals surface area contributed by atoms with Gasteiger partial charge in [0.2, 0.25) is 0 Å². The van der Waals surface area contributed by atoms with E-state index in [2.05, 4.69) is 38.2 Å². The molecule has 2 atom stereocenters. The van der Waals surface area contributed by atoms with Gasteiger partial charge >= 0.3 is 19.8 Å². The van der Waals surface area contributed by atoms with E-state index in [0.29, 0.717) is 17.4 Å². The number of unbranched alkanes of at least 4 members (excludes halogenated alkanes) is 53. The van der Waals surface area contributed by atoms with Crippen LogP contribution in [0.1, 0.15) is 393 Å². The number of esters is 2. The second-order valence-electron chi connectivity index (χ2n) is 27.0. The second kappa shape index (κ2) is 66.9. The van der Waals surface area contributed by atoms with Crippen LogP contribution in [0.2, 0.25) is 0 Å². The molecule has 85 heavy (non-hydrogen) atoms. The number of phosphoric ester groups is 1. The van der Waals surface area contributed by atoms with E-state index >= 15 is 0 Å². The Hall–Kier alpha value is -1.51. The van der Waals surface area contributed by atoms with Gasteiger partial charge in [-0.2, -0.15) is 0 Å². The number of carbonyl (C=O) groups is 2. The molecule has 9 nitrogen and oxygen atoms in total. The Kier molecular flexibility index (Phi) is 65.7. The Labute approximate surface area is 529 Å². The van der Waals surface area contributed by atoms with Crippen molar-refractivity contribution >= 4 is 19.8 Å². The molecule has 0 rings (SSSR count). The number of allylic oxidation sites excluding steroid dienone is 4. The van der Waals surface area contributed by atoms with Crippen molar-refractivity contribution in [1.82, 2.24) is 0 Å². The van der Waals surface area contributed by atoms with Crippen molar-refractivity contribution in [1.29, 1.82) is 0 Å². The summed E-state index contributed by atoms with van der Waals surface area (Å²) >= 11 is 0. The normalized spacial score (nSPS) is 13.2. The predicted octanol–water partition coefficient (Wildman–Crippen LogP) is 24.4. The molecule has 504 valence electrons. The summed E-state index contributed by atoms with van der Waals surface area (Å²) in [7, 11) is 1.50. The number of phosphoric acid groups is 1. The van der Waals surface area contributed by atoms with E-state index in [1.54, 1.807) is 0 Å². The molecule has 2 unspecified atom stereocenters. The zero-order valence-electron chi connectivity index (χ0n) is 57.6. The van der Waals surface area contributed by atoms with Crippen LogP contribution >= 0.6 is 7.82 Å². The van der Waals surface area contributed by atoms with Gasteiger partial charge in [0.15, 0.2) is 6.10 Å². The summed E-state index contributed by atoms with van der Waals surface area (Å²) in [6.45, 7) is 4.51. The third-order valence-corrected chi connectivity index (χ3v) is 18.2. The van der Waals surface area contributed by atoms with Crippen LogP contribution in [-0.4, -0.2) is 74.9 Å². The summed E-state index contributed by atoms with van der Waals surface area (Å²) in [5, 5.41) is 0. The first-order chi connectivity index (χ1) is 41.5. The molecule has 0 heterocycles. The molecule has 0 radical (unpaired) electrons. The average Bonchev–Trinajstić information content (AvgIpc) is 3.54. The minimum atomic E-state index is -4.39. The fraction of sp³-hybridized carbons (Fsp3) is 0.920. The number of nitrogens with zero attached hydrogens (tertiary/aromatic N) is 1. The van der Waals surface area contributed by atoms with Crippen molar-refractivity contribution in [2.24, 2.45) is 0 Å². The first-order valence-electron chi connectivity index (χ1n) is 37.6. The summed E-state index contributed by atoms with van der Waals surface area (Å²) in [5.74, 6) is -0.770. The highest BCUT2D eigenvalue weighted by Crippen LogP contribution is 2.43. The molecule has 0 aromatic carbocycles. The third kappa shape index (κ3) is 71.4. The Balaban J connectivity index is 3.94. The molecule has 0 aliphatic heterocycles. The number of hydrogen-bond acceptors (Lipinski definition) is 7. The van der Waals surface area contributed by atoms with Gasteiger partial charge < -0.3 is 18.9 Å². The fourth-order valence-corrected chi connectivity index (χ4v) is 12.2. The van der Waals surface area contributed by atoms with Gasteiger partial charge in [0, 0.05) is 12.8 Å². The number of ether oxygens (including phenoxy) is 2. The second-order valence-corrected chi connectivity index (χ2v) is 28.5. The van der Waals surface area contributed by atoms with Gasteiger partial charge in [-0.15, -0.1) is 0 Å². The van der Waals surface area contributed by atoms with Crippen LogP contribution in [0.15, 0.2) is 24.3 Å². The van der Waals surface area contributed by atoms with Crippen molar-refractivity contribution in [3.05, 3.63) is 24.3 Å². The van der Waals surface area contributed by atoms with E-state index in [4.69, 9.17) is 18.5 Å². The molecule has 0 aliphatic rings. The predicted molar refractivity (Wildman–Crippen MR) is 367 cm³/mol. The van der Waals surface area contributed by atoms with E-state index in [0.717, 1.165) is 44.9 Å². The van der Waals surface area contributed by atoms with E-state index in [1.807, 2.05) is 21.1 Å². The molecule has 0 saturated heterocycles. The maximum absolute atomic E-state index is 12.9. The topological polar surface area (TPSA) is 108 Å². The van der Waals surface area contributed by atoms with Gasteiger partial charge in [0.25, 0.3) is 0 Å². The first kappa shape index (κ1) is 83.5. The molecule has 0 aromatic rings. The zero-order valence-corrected chi connectivity index (χ0v) is 58.5. The maximum Gasteiger partial charge on any atom is 0.472 e.